The number of aromatic amines is 1. The number of aromatic nitrogens is 3. The first-order valence-electron chi connectivity index (χ1n) is 4.82. The summed E-state index contributed by atoms with van der Waals surface area (Å²) >= 11 is 0. The molecule has 2 rings (SSSR count). The number of amides is 1. The van der Waals surface area contributed by atoms with Gasteiger partial charge in [-0.25, -0.2) is 13.9 Å². The summed E-state index contributed by atoms with van der Waals surface area (Å²) in [5.74, 6) is -2.38. The van der Waals surface area contributed by atoms with Gasteiger partial charge >= 0.3 is 6.01 Å². The summed E-state index contributed by atoms with van der Waals surface area (Å²) in [6.07, 6.45) is 0. The Bertz CT molecular complexity index is 565. The van der Waals surface area contributed by atoms with Crippen LogP contribution in [0.5, 0.6) is 6.01 Å². The van der Waals surface area contributed by atoms with Crippen LogP contribution in [0.3, 0.4) is 0 Å². The minimum absolute atomic E-state index is 0.0153. The number of rotatable bonds is 3. The fourth-order valence-electron chi connectivity index (χ4n) is 1.26. The molecule has 1 amide bonds. The highest BCUT2D eigenvalue weighted by Gasteiger charge is 2.12. The zero-order valence-electron chi connectivity index (χ0n) is 9.20. The van der Waals surface area contributed by atoms with Gasteiger partial charge in [-0.1, -0.05) is 0 Å². The van der Waals surface area contributed by atoms with E-state index in [0.717, 1.165) is 12.1 Å². The summed E-state index contributed by atoms with van der Waals surface area (Å²) < 4.78 is 30.5. The van der Waals surface area contributed by atoms with Crippen molar-refractivity contribution in [3.63, 3.8) is 0 Å². The van der Waals surface area contributed by atoms with Crippen molar-refractivity contribution in [3.05, 3.63) is 35.4 Å². The third kappa shape index (κ3) is 2.59. The standard InChI is InChI=1S/C10H8F2N4O2/c1-18-10-14-9(15-16-10)13-8(17)5-2-6(11)4-7(12)3-5/h2-4H,1H3,(H2,13,14,15,16,17). The molecule has 2 aromatic rings. The number of halogens is 2. The first-order chi connectivity index (χ1) is 8.58. The average molecular weight is 254 g/mol. The van der Waals surface area contributed by atoms with E-state index in [9.17, 15) is 13.6 Å². The van der Waals surface area contributed by atoms with Gasteiger partial charge in [-0.2, -0.15) is 4.98 Å². The Morgan fingerprint density at radius 3 is 2.56 bits per heavy atom. The van der Waals surface area contributed by atoms with Crippen molar-refractivity contribution in [1.82, 2.24) is 15.2 Å². The number of carbonyl (C=O) groups excluding carboxylic acids is 1. The number of anilines is 1. The minimum Gasteiger partial charge on any atom is -0.466 e. The van der Waals surface area contributed by atoms with Crippen LogP contribution < -0.4 is 10.1 Å². The maximum absolute atomic E-state index is 12.9. The second kappa shape index (κ2) is 4.78. The SMILES string of the molecule is COc1n[nH]c(NC(=O)c2cc(F)cc(F)c2)n1. The molecule has 0 bridgehead atoms. The molecule has 2 N–H and O–H groups in total. The van der Waals surface area contributed by atoms with E-state index in [1.165, 1.54) is 7.11 Å². The van der Waals surface area contributed by atoms with E-state index in [4.69, 9.17) is 4.74 Å². The molecule has 0 saturated carbocycles. The highest BCUT2D eigenvalue weighted by molar-refractivity contribution is 6.03. The van der Waals surface area contributed by atoms with Gasteiger partial charge < -0.3 is 4.74 Å². The van der Waals surface area contributed by atoms with E-state index in [1.807, 2.05) is 0 Å². The molecule has 1 aromatic heterocycles. The maximum atomic E-state index is 12.9. The minimum atomic E-state index is -0.838. The lowest BCUT2D eigenvalue weighted by atomic mass is 10.2. The molecule has 0 aliphatic carbocycles. The Balaban J connectivity index is 2.16. The fourth-order valence-corrected chi connectivity index (χ4v) is 1.26. The number of ether oxygens (including phenoxy) is 1. The van der Waals surface area contributed by atoms with E-state index >= 15 is 0 Å². The Morgan fingerprint density at radius 2 is 2.00 bits per heavy atom. The van der Waals surface area contributed by atoms with Crippen molar-refractivity contribution in [1.29, 1.82) is 0 Å². The third-order valence-corrected chi connectivity index (χ3v) is 2.00. The lowest BCUT2D eigenvalue weighted by Crippen LogP contribution is -2.13. The molecule has 6 nitrogen and oxygen atoms in total. The van der Waals surface area contributed by atoms with Crippen LogP contribution in [0.25, 0.3) is 0 Å². The molecule has 1 aromatic carbocycles. The van der Waals surface area contributed by atoms with Crippen molar-refractivity contribution >= 4 is 11.9 Å². The highest BCUT2D eigenvalue weighted by atomic mass is 19.1. The molecule has 0 aliphatic rings. The summed E-state index contributed by atoms with van der Waals surface area (Å²) in [6, 6.07) is 2.53. The quantitative estimate of drug-likeness (QED) is 0.866. The van der Waals surface area contributed by atoms with Crippen molar-refractivity contribution in [2.45, 2.75) is 0 Å². The van der Waals surface area contributed by atoms with Crippen LogP contribution in [-0.2, 0) is 0 Å². The molecular formula is C10H8F2N4O2. The van der Waals surface area contributed by atoms with Gasteiger partial charge in [0.05, 0.1) is 7.11 Å². The van der Waals surface area contributed by atoms with Crippen molar-refractivity contribution < 1.29 is 18.3 Å². The van der Waals surface area contributed by atoms with E-state index in [1.54, 1.807) is 0 Å². The molecule has 8 heteroatoms. The zero-order valence-corrected chi connectivity index (χ0v) is 9.20. The number of nitrogens with zero attached hydrogens (tertiary/aromatic N) is 2. The van der Waals surface area contributed by atoms with Gasteiger partial charge in [0, 0.05) is 11.6 Å². The van der Waals surface area contributed by atoms with Gasteiger partial charge in [0.15, 0.2) is 0 Å². The number of methoxy groups -OCH3 is 1. The predicted octanol–water partition coefficient (Wildman–Crippen LogP) is 1.34. The van der Waals surface area contributed by atoms with Gasteiger partial charge in [0.25, 0.3) is 5.91 Å². The average Bonchev–Trinajstić information content (AvgIpc) is 2.75. The first kappa shape index (κ1) is 12.0. The van der Waals surface area contributed by atoms with Crippen LogP contribution in [-0.4, -0.2) is 28.2 Å². The lowest BCUT2D eigenvalue weighted by molar-refractivity contribution is 0.102. The second-order valence-electron chi connectivity index (χ2n) is 3.28. The number of benzene rings is 1. The number of nitrogens with one attached hydrogen (secondary N) is 2. The van der Waals surface area contributed by atoms with Crippen LogP contribution in [0, 0.1) is 11.6 Å². The van der Waals surface area contributed by atoms with E-state index in [-0.39, 0.29) is 17.5 Å². The Labute approximate surface area is 100.0 Å². The highest BCUT2D eigenvalue weighted by Crippen LogP contribution is 2.11. The van der Waals surface area contributed by atoms with Crippen LogP contribution >= 0.6 is 0 Å². The predicted molar refractivity (Wildman–Crippen MR) is 57.2 cm³/mol. The molecule has 0 saturated heterocycles. The van der Waals surface area contributed by atoms with Gasteiger partial charge in [-0.05, 0) is 12.1 Å². The molecule has 1 heterocycles. The third-order valence-electron chi connectivity index (χ3n) is 2.00. The summed E-state index contributed by atoms with van der Waals surface area (Å²) in [5.41, 5.74) is -0.164. The smallest absolute Gasteiger partial charge is 0.336 e. The fraction of sp³-hybridized carbons (Fsp3) is 0.100. The monoisotopic (exact) mass is 254 g/mol. The lowest BCUT2D eigenvalue weighted by Gasteiger charge is -2.01. The number of H-pyrrole nitrogens is 1. The summed E-state index contributed by atoms with van der Waals surface area (Å²) in [6.45, 7) is 0. The van der Waals surface area contributed by atoms with Crippen molar-refractivity contribution in [2.75, 3.05) is 12.4 Å². The van der Waals surface area contributed by atoms with Gasteiger partial charge in [0.1, 0.15) is 11.6 Å². The molecule has 0 atom stereocenters. The normalized spacial score (nSPS) is 10.2. The van der Waals surface area contributed by atoms with E-state index in [2.05, 4.69) is 20.5 Å². The summed E-state index contributed by atoms with van der Waals surface area (Å²) in [7, 11) is 1.36. The van der Waals surface area contributed by atoms with Crippen LogP contribution in [0.2, 0.25) is 0 Å². The Kier molecular flexibility index (Phi) is 3.18. The Hall–Kier alpha value is -2.51. The Morgan fingerprint density at radius 1 is 1.33 bits per heavy atom. The van der Waals surface area contributed by atoms with Gasteiger partial charge in [-0.15, -0.1) is 5.10 Å². The van der Waals surface area contributed by atoms with Gasteiger partial charge in [-0.3, -0.25) is 10.1 Å². The zero-order chi connectivity index (χ0) is 13.1. The van der Waals surface area contributed by atoms with Crippen molar-refractivity contribution in [3.8, 4) is 6.01 Å². The molecule has 0 unspecified atom stereocenters. The maximum Gasteiger partial charge on any atom is 0.336 e. The second-order valence-corrected chi connectivity index (χ2v) is 3.28. The molecule has 0 radical (unpaired) electrons. The van der Waals surface area contributed by atoms with Crippen molar-refractivity contribution in [2.24, 2.45) is 0 Å². The van der Waals surface area contributed by atoms with E-state index < -0.39 is 17.5 Å². The largest absolute Gasteiger partial charge is 0.466 e. The topological polar surface area (TPSA) is 79.9 Å². The molecule has 18 heavy (non-hydrogen) atoms. The molecular weight excluding hydrogens is 246 g/mol. The number of hydrogen-bond donors (Lipinski definition) is 2. The van der Waals surface area contributed by atoms with Gasteiger partial charge in [0.2, 0.25) is 5.95 Å². The summed E-state index contributed by atoms with van der Waals surface area (Å²) in [5, 5.41) is 8.26. The number of hydrogen-bond acceptors (Lipinski definition) is 4. The summed E-state index contributed by atoms with van der Waals surface area (Å²) in [4.78, 5) is 15.4. The van der Waals surface area contributed by atoms with Crippen LogP contribution in [0.15, 0.2) is 18.2 Å². The van der Waals surface area contributed by atoms with Crippen LogP contribution in [0.1, 0.15) is 10.4 Å². The molecule has 0 aliphatic heterocycles. The van der Waals surface area contributed by atoms with E-state index in [0.29, 0.717) is 6.07 Å². The first-order valence-corrected chi connectivity index (χ1v) is 4.82. The molecule has 0 spiro atoms. The number of carbonyl (C=O) groups is 1. The van der Waals surface area contributed by atoms with Crippen LogP contribution in [0.4, 0.5) is 14.7 Å². The molecule has 94 valence electrons. The molecule has 0 fully saturated rings.